The van der Waals surface area contributed by atoms with Gasteiger partial charge in [-0.25, -0.2) is 4.79 Å². The van der Waals surface area contributed by atoms with Crippen molar-refractivity contribution in [1.82, 2.24) is 10.2 Å². The Morgan fingerprint density at radius 1 is 1.56 bits per heavy atom. The molecule has 0 aliphatic heterocycles. The van der Waals surface area contributed by atoms with Crippen LogP contribution in [0, 0.1) is 5.92 Å². The number of carbonyl (C=O) groups excluding carboxylic acids is 1. The Labute approximate surface area is 98.2 Å². The molecule has 2 atom stereocenters. The Balaban J connectivity index is 2.65. The predicted octanol–water partition coefficient (Wildman–Crippen LogP) is 2.56. The number of allylic oxidation sites excluding steroid dienone is 2. The van der Waals surface area contributed by atoms with Crippen molar-refractivity contribution in [1.29, 1.82) is 0 Å². The van der Waals surface area contributed by atoms with E-state index in [-0.39, 0.29) is 12.1 Å². The van der Waals surface area contributed by atoms with Crippen molar-refractivity contribution in [3.05, 3.63) is 23.8 Å². The summed E-state index contributed by atoms with van der Waals surface area (Å²) in [7, 11) is 3.51. The topological polar surface area (TPSA) is 32.3 Å². The van der Waals surface area contributed by atoms with E-state index in [1.165, 1.54) is 11.1 Å². The fourth-order valence-corrected chi connectivity index (χ4v) is 1.89. The van der Waals surface area contributed by atoms with Gasteiger partial charge in [0, 0.05) is 14.1 Å². The summed E-state index contributed by atoms with van der Waals surface area (Å²) >= 11 is 0. The summed E-state index contributed by atoms with van der Waals surface area (Å²) in [5.41, 5.74) is 2.46. The first-order chi connectivity index (χ1) is 7.41. The first kappa shape index (κ1) is 12.8. The predicted molar refractivity (Wildman–Crippen MR) is 67.3 cm³/mol. The molecule has 0 fully saturated rings. The fourth-order valence-electron chi connectivity index (χ4n) is 1.89. The lowest BCUT2D eigenvalue weighted by atomic mass is 9.83. The number of amides is 2. The minimum absolute atomic E-state index is 0.0277. The van der Waals surface area contributed by atoms with Crippen molar-refractivity contribution in [3.63, 3.8) is 0 Å². The Morgan fingerprint density at radius 3 is 2.69 bits per heavy atom. The number of urea groups is 1. The van der Waals surface area contributed by atoms with Crippen molar-refractivity contribution < 1.29 is 4.79 Å². The average Bonchev–Trinajstić information content (AvgIpc) is 2.20. The molecule has 3 nitrogen and oxygen atoms in total. The van der Waals surface area contributed by atoms with Crippen LogP contribution in [0.3, 0.4) is 0 Å². The average molecular weight is 222 g/mol. The molecule has 0 radical (unpaired) electrons. The minimum atomic E-state index is -0.0277. The first-order valence-electron chi connectivity index (χ1n) is 5.71. The van der Waals surface area contributed by atoms with Crippen LogP contribution in [0.4, 0.5) is 4.79 Å². The highest BCUT2D eigenvalue weighted by atomic mass is 16.2. The highest BCUT2D eigenvalue weighted by molar-refractivity contribution is 5.74. The second-order valence-corrected chi connectivity index (χ2v) is 4.86. The standard InChI is InChI=1S/C13H22N2O/c1-9(2)11-7-6-10(3)12(8-11)14-13(16)15(4)5/h6,11-12H,1,7-8H2,2-5H3,(H,14,16)/t11-,12-/m0/s1. The molecule has 16 heavy (non-hydrogen) atoms. The molecule has 0 unspecified atom stereocenters. The molecular formula is C13H22N2O. The van der Waals surface area contributed by atoms with Crippen molar-refractivity contribution in [2.75, 3.05) is 14.1 Å². The third kappa shape index (κ3) is 3.12. The number of rotatable bonds is 2. The zero-order valence-electron chi connectivity index (χ0n) is 10.7. The lowest BCUT2D eigenvalue weighted by Gasteiger charge is -2.30. The number of nitrogens with one attached hydrogen (secondary N) is 1. The molecule has 0 heterocycles. The van der Waals surface area contributed by atoms with Crippen LogP contribution < -0.4 is 5.32 Å². The summed E-state index contributed by atoms with van der Waals surface area (Å²) in [5, 5.41) is 3.03. The van der Waals surface area contributed by atoms with Crippen LogP contribution in [0.15, 0.2) is 23.8 Å². The largest absolute Gasteiger partial charge is 0.332 e. The van der Waals surface area contributed by atoms with Gasteiger partial charge in [-0.15, -0.1) is 0 Å². The summed E-state index contributed by atoms with van der Waals surface area (Å²) in [5.74, 6) is 0.496. The number of hydrogen-bond acceptors (Lipinski definition) is 1. The Morgan fingerprint density at radius 2 is 2.19 bits per heavy atom. The van der Waals surface area contributed by atoms with Crippen molar-refractivity contribution in [3.8, 4) is 0 Å². The summed E-state index contributed by atoms with van der Waals surface area (Å²) in [6.45, 7) is 8.14. The molecule has 2 amide bonds. The maximum absolute atomic E-state index is 11.6. The van der Waals surface area contributed by atoms with Gasteiger partial charge in [-0.3, -0.25) is 0 Å². The van der Waals surface area contributed by atoms with Crippen LogP contribution >= 0.6 is 0 Å². The molecule has 1 N–H and O–H groups in total. The van der Waals surface area contributed by atoms with Gasteiger partial charge in [-0.2, -0.15) is 0 Å². The summed E-state index contributed by atoms with van der Waals surface area (Å²) in [6.07, 6.45) is 4.23. The number of carbonyl (C=O) groups is 1. The van der Waals surface area contributed by atoms with Gasteiger partial charge in [-0.1, -0.05) is 23.8 Å². The molecule has 0 saturated carbocycles. The molecule has 0 aromatic rings. The zero-order chi connectivity index (χ0) is 12.3. The molecule has 1 aliphatic carbocycles. The van der Waals surface area contributed by atoms with Crippen LogP contribution in [-0.4, -0.2) is 31.1 Å². The van der Waals surface area contributed by atoms with Gasteiger partial charge < -0.3 is 10.2 Å². The van der Waals surface area contributed by atoms with Crippen molar-refractivity contribution in [2.24, 2.45) is 5.92 Å². The van der Waals surface area contributed by atoms with Gasteiger partial charge in [0.25, 0.3) is 0 Å². The quantitative estimate of drug-likeness (QED) is 0.715. The van der Waals surface area contributed by atoms with Crippen LogP contribution in [0.2, 0.25) is 0 Å². The molecule has 3 heteroatoms. The van der Waals surface area contributed by atoms with Gasteiger partial charge in [0.2, 0.25) is 0 Å². The molecule has 90 valence electrons. The molecule has 0 spiro atoms. The molecule has 0 aromatic carbocycles. The highest BCUT2D eigenvalue weighted by Crippen LogP contribution is 2.28. The van der Waals surface area contributed by atoms with E-state index in [4.69, 9.17) is 0 Å². The number of nitrogens with zero attached hydrogens (tertiary/aromatic N) is 1. The Bertz CT molecular complexity index is 318. The Kier molecular flexibility index (Phi) is 4.16. The normalized spacial score (nSPS) is 24.6. The number of hydrogen-bond donors (Lipinski definition) is 1. The maximum Gasteiger partial charge on any atom is 0.317 e. The van der Waals surface area contributed by atoms with E-state index in [1.807, 2.05) is 0 Å². The maximum atomic E-state index is 11.6. The van der Waals surface area contributed by atoms with E-state index in [0.29, 0.717) is 5.92 Å². The third-order valence-electron chi connectivity index (χ3n) is 3.20. The molecular weight excluding hydrogens is 200 g/mol. The smallest absolute Gasteiger partial charge is 0.317 e. The van der Waals surface area contributed by atoms with Crippen molar-refractivity contribution >= 4 is 6.03 Å². The van der Waals surface area contributed by atoms with Gasteiger partial charge in [0.05, 0.1) is 6.04 Å². The SMILES string of the molecule is C=C(C)[C@H]1CC=C(C)[C@@H](NC(=O)N(C)C)C1. The molecule has 1 aliphatic rings. The summed E-state index contributed by atoms with van der Waals surface area (Å²) < 4.78 is 0. The monoisotopic (exact) mass is 222 g/mol. The lowest BCUT2D eigenvalue weighted by molar-refractivity contribution is 0.212. The minimum Gasteiger partial charge on any atom is -0.332 e. The van der Waals surface area contributed by atoms with Gasteiger partial charge in [-0.05, 0) is 32.6 Å². The lowest BCUT2D eigenvalue weighted by Crippen LogP contribution is -2.43. The zero-order valence-corrected chi connectivity index (χ0v) is 10.7. The van der Waals surface area contributed by atoms with E-state index in [0.717, 1.165) is 12.8 Å². The van der Waals surface area contributed by atoms with E-state index < -0.39 is 0 Å². The Hall–Kier alpha value is -1.25. The third-order valence-corrected chi connectivity index (χ3v) is 3.20. The molecule has 0 aromatic heterocycles. The van der Waals surface area contributed by atoms with E-state index in [1.54, 1.807) is 19.0 Å². The van der Waals surface area contributed by atoms with Crippen LogP contribution in [0.1, 0.15) is 26.7 Å². The molecule has 1 rings (SSSR count). The van der Waals surface area contributed by atoms with Gasteiger partial charge in [0.15, 0.2) is 0 Å². The van der Waals surface area contributed by atoms with Gasteiger partial charge >= 0.3 is 6.03 Å². The second kappa shape index (κ2) is 5.19. The summed E-state index contributed by atoms with van der Waals surface area (Å²) in [4.78, 5) is 13.2. The van der Waals surface area contributed by atoms with Crippen LogP contribution in [0.5, 0.6) is 0 Å². The van der Waals surface area contributed by atoms with Crippen molar-refractivity contribution in [2.45, 2.75) is 32.7 Å². The fraction of sp³-hybridized carbons (Fsp3) is 0.615. The van der Waals surface area contributed by atoms with Crippen LogP contribution in [0.25, 0.3) is 0 Å². The van der Waals surface area contributed by atoms with E-state index in [9.17, 15) is 4.79 Å². The first-order valence-corrected chi connectivity index (χ1v) is 5.71. The molecule has 0 saturated heterocycles. The van der Waals surface area contributed by atoms with Crippen LogP contribution in [-0.2, 0) is 0 Å². The molecule has 0 bridgehead atoms. The summed E-state index contributed by atoms with van der Waals surface area (Å²) in [6, 6.07) is 0.130. The van der Waals surface area contributed by atoms with Gasteiger partial charge in [0.1, 0.15) is 0 Å². The second-order valence-electron chi connectivity index (χ2n) is 4.86. The van der Waals surface area contributed by atoms with E-state index >= 15 is 0 Å². The highest BCUT2D eigenvalue weighted by Gasteiger charge is 2.24. The van der Waals surface area contributed by atoms with E-state index in [2.05, 4.69) is 31.8 Å².